The van der Waals surface area contributed by atoms with E-state index in [-0.39, 0.29) is 16.8 Å². The van der Waals surface area contributed by atoms with Crippen LogP contribution in [0.15, 0.2) is 59.5 Å². The average Bonchev–Trinajstić information content (AvgIpc) is 2.94. The van der Waals surface area contributed by atoms with Gasteiger partial charge in [-0.15, -0.1) is 0 Å². The summed E-state index contributed by atoms with van der Waals surface area (Å²) in [5.74, 6) is -0.854. The number of carbonyl (C=O) groups excluding carboxylic acids is 1. The first-order valence-corrected chi connectivity index (χ1v) is 9.36. The maximum Gasteiger partial charge on any atom is 0.242 e. The van der Waals surface area contributed by atoms with E-state index < -0.39 is 15.6 Å². The molecule has 1 heterocycles. The molecule has 0 radical (unpaired) electrons. The van der Waals surface area contributed by atoms with Crippen molar-refractivity contribution >= 4 is 21.4 Å². The molecule has 120 valence electrons. The number of carbonyl (C=O) groups is 1. The number of hydrogen-bond acceptors (Lipinski definition) is 3. The van der Waals surface area contributed by atoms with Crippen molar-refractivity contribution in [3.8, 4) is 0 Å². The summed E-state index contributed by atoms with van der Waals surface area (Å²) in [6.07, 6.45) is 1.58. The van der Waals surface area contributed by atoms with Gasteiger partial charge >= 0.3 is 0 Å². The van der Waals surface area contributed by atoms with Crippen LogP contribution in [0.1, 0.15) is 18.9 Å². The monoisotopic (exact) mass is 329 g/mol. The Morgan fingerprint density at radius 1 is 1.09 bits per heavy atom. The van der Waals surface area contributed by atoms with E-state index in [1.807, 2.05) is 31.2 Å². The van der Waals surface area contributed by atoms with E-state index >= 15 is 0 Å². The maximum absolute atomic E-state index is 12.7. The second-order valence-corrected chi connectivity index (χ2v) is 7.72. The number of hydrogen-bond donors (Lipinski definition) is 0. The Hall–Kier alpha value is -2.14. The van der Waals surface area contributed by atoms with Gasteiger partial charge in [0.1, 0.15) is 5.75 Å². The highest BCUT2D eigenvalue weighted by atomic mass is 32.2. The molecule has 1 aliphatic heterocycles. The molecule has 0 aromatic heterocycles. The highest BCUT2D eigenvalue weighted by Gasteiger charge is 2.34. The van der Waals surface area contributed by atoms with Crippen molar-refractivity contribution in [3.05, 3.63) is 60.2 Å². The molecule has 0 aliphatic carbocycles. The van der Waals surface area contributed by atoms with Crippen LogP contribution in [0.3, 0.4) is 0 Å². The first-order valence-electron chi connectivity index (χ1n) is 7.70. The summed E-state index contributed by atoms with van der Waals surface area (Å²) in [5.41, 5.74) is 1.94. The summed E-state index contributed by atoms with van der Waals surface area (Å²) in [6.45, 7) is 2.02. The summed E-state index contributed by atoms with van der Waals surface area (Å²) < 4.78 is 24.9. The van der Waals surface area contributed by atoms with Crippen LogP contribution in [0.5, 0.6) is 0 Å². The van der Waals surface area contributed by atoms with Crippen molar-refractivity contribution in [2.45, 2.75) is 30.7 Å². The minimum absolute atomic E-state index is 0.0332. The number of sulfone groups is 1. The molecule has 0 saturated carbocycles. The number of para-hydroxylation sites is 1. The van der Waals surface area contributed by atoms with Crippen molar-refractivity contribution in [2.75, 3.05) is 10.7 Å². The van der Waals surface area contributed by atoms with Gasteiger partial charge in [-0.1, -0.05) is 43.3 Å². The summed E-state index contributed by atoms with van der Waals surface area (Å²) in [6, 6.07) is 15.9. The number of rotatable bonds is 4. The van der Waals surface area contributed by atoms with E-state index in [1.54, 1.807) is 23.1 Å². The quantitative estimate of drug-likeness (QED) is 0.867. The number of anilines is 1. The fraction of sp³-hybridized carbons (Fsp3) is 0.278. The Balaban J connectivity index is 1.88. The highest BCUT2D eigenvalue weighted by Crippen LogP contribution is 2.33. The molecule has 0 N–H and O–H groups in total. The van der Waals surface area contributed by atoms with Crippen LogP contribution in [-0.2, 0) is 21.1 Å². The fourth-order valence-corrected chi connectivity index (χ4v) is 4.27. The van der Waals surface area contributed by atoms with Gasteiger partial charge in [-0.2, -0.15) is 0 Å². The largest absolute Gasteiger partial charge is 0.308 e. The van der Waals surface area contributed by atoms with Crippen LogP contribution in [0.4, 0.5) is 5.69 Å². The number of nitrogens with zero attached hydrogens (tertiary/aromatic N) is 1. The molecule has 2 aromatic carbocycles. The zero-order chi connectivity index (χ0) is 16.4. The maximum atomic E-state index is 12.7. The van der Waals surface area contributed by atoms with E-state index in [9.17, 15) is 13.2 Å². The van der Waals surface area contributed by atoms with Crippen molar-refractivity contribution in [1.82, 2.24) is 0 Å². The normalized spacial score (nSPS) is 17.1. The van der Waals surface area contributed by atoms with E-state index in [0.29, 0.717) is 0 Å². The molecular weight excluding hydrogens is 310 g/mol. The van der Waals surface area contributed by atoms with Crippen LogP contribution in [0.25, 0.3) is 0 Å². The van der Waals surface area contributed by atoms with Crippen LogP contribution in [0, 0.1) is 0 Å². The number of benzene rings is 2. The lowest BCUT2D eigenvalue weighted by Gasteiger charge is -2.24. The predicted octanol–water partition coefficient (Wildman–Crippen LogP) is 2.83. The van der Waals surface area contributed by atoms with Crippen molar-refractivity contribution < 1.29 is 13.2 Å². The van der Waals surface area contributed by atoms with E-state index in [2.05, 4.69) is 0 Å². The lowest BCUT2D eigenvalue weighted by molar-refractivity contribution is -0.116. The van der Waals surface area contributed by atoms with Gasteiger partial charge in [0.15, 0.2) is 9.84 Å². The van der Waals surface area contributed by atoms with Crippen LogP contribution < -0.4 is 4.90 Å². The lowest BCUT2D eigenvalue weighted by Crippen LogP contribution is -2.40. The first kappa shape index (κ1) is 15.7. The average molecular weight is 329 g/mol. The Bertz CT molecular complexity index is 815. The van der Waals surface area contributed by atoms with Crippen LogP contribution in [0.2, 0.25) is 0 Å². The van der Waals surface area contributed by atoms with Gasteiger partial charge in [0.05, 0.1) is 4.90 Å². The predicted molar refractivity (Wildman–Crippen MR) is 90.2 cm³/mol. The summed E-state index contributed by atoms with van der Waals surface area (Å²) >= 11 is 0. The molecule has 1 aliphatic rings. The van der Waals surface area contributed by atoms with Gasteiger partial charge in [0, 0.05) is 11.7 Å². The summed E-state index contributed by atoms with van der Waals surface area (Å²) in [5, 5.41) is 0. The molecule has 0 fully saturated rings. The molecule has 4 nitrogen and oxygen atoms in total. The van der Waals surface area contributed by atoms with E-state index in [1.165, 1.54) is 12.1 Å². The lowest BCUT2D eigenvalue weighted by atomic mass is 10.1. The van der Waals surface area contributed by atoms with Gasteiger partial charge in [-0.25, -0.2) is 8.42 Å². The van der Waals surface area contributed by atoms with Gasteiger partial charge in [-0.3, -0.25) is 4.79 Å². The first-order chi connectivity index (χ1) is 11.0. The molecule has 0 spiro atoms. The fourth-order valence-electron chi connectivity index (χ4n) is 3.07. The highest BCUT2D eigenvalue weighted by molar-refractivity contribution is 7.92. The second-order valence-electron chi connectivity index (χ2n) is 5.73. The standard InChI is InChI=1S/C18H19NO3S/c1-2-15-12-14-8-6-7-11-17(14)19(15)18(20)13-23(21,22)16-9-4-3-5-10-16/h3-11,15H,2,12-13H2,1H3. The van der Waals surface area contributed by atoms with Gasteiger partial charge in [0.25, 0.3) is 0 Å². The van der Waals surface area contributed by atoms with Gasteiger partial charge in [0.2, 0.25) is 5.91 Å². The molecule has 3 rings (SSSR count). The van der Waals surface area contributed by atoms with Gasteiger partial charge < -0.3 is 4.90 Å². The summed E-state index contributed by atoms with van der Waals surface area (Å²) in [4.78, 5) is 14.6. The molecule has 0 saturated heterocycles. The van der Waals surface area contributed by atoms with E-state index in [0.717, 1.165) is 24.1 Å². The third-order valence-electron chi connectivity index (χ3n) is 4.23. The molecule has 1 unspecified atom stereocenters. The van der Waals surface area contributed by atoms with Gasteiger partial charge in [-0.05, 0) is 36.6 Å². The molecule has 2 aromatic rings. The van der Waals surface area contributed by atoms with Crippen molar-refractivity contribution in [3.63, 3.8) is 0 Å². The van der Waals surface area contributed by atoms with Crippen molar-refractivity contribution in [1.29, 1.82) is 0 Å². The third-order valence-corrected chi connectivity index (χ3v) is 5.84. The topological polar surface area (TPSA) is 54.5 Å². The Labute approximate surface area is 136 Å². The zero-order valence-electron chi connectivity index (χ0n) is 13.0. The molecule has 23 heavy (non-hydrogen) atoms. The minimum Gasteiger partial charge on any atom is -0.308 e. The second kappa shape index (κ2) is 6.16. The van der Waals surface area contributed by atoms with Crippen LogP contribution in [-0.4, -0.2) is 26.1 Å². The zero-order valence-corrected chi connectivity index (χ0v) is 13.8. The summed E-state index contributed by atoms with van der Waals surface area (Å²) in [7, 11) is -3.62. The molecule has 1 amide bonds. The third kappa shape index (κ3) is 3.01. The Morgan fingerprint density at radius 3 is 2.43 bits per heavy atom. The Morgan fingerprint density at radius 2 is 1.74 bits per heavy atom. The van der Waals surface area contributed by atoms with Crippen LogP contribution >= 0.6 is 0 Å². The SMILES string of the molecule is CCC1Cc2ccccc2N1C(=O)CS(=O)(=O)c1ccccc1. The molecule has 5 heteroatoms. The van der Waals surface area contributed by atoms with Crippen molar-refractivity contribution in [2.24, 2.45) is 0 Å². The Kier molecular flexibility index (Phi) is 4.22. The number of amides is 1. The van der Waals surface area contributed by atoms with E-state index in [4.69, 9.17) is 0 Å². The number of fused-ring (bicyclic) bond motifs is 1. The smallest absolute Gasteiger partial charge is 0.242 e. The molecule has 0 bridgehead atoms. The molecule has 1 atom stereocenters. The minimum atomic E-state index is -3.62. The molecular formula is C18H19NO3S.